The molecule has 1 fully saturated rings. The Balaban J connectivity index is 1.38. The van der Waals surface area contributed by atoms with Crippen molar-refractivity contribution in [2.24, 2.45) is 5.41 Å². The van der Waals surface area contributed by atoms with Gasteiger partial charge in [-0.15, -0.1) is 11.8 Å². The molecule has 1 heterocycles. The first-order valence-corrected chi connectivity index (χ1v) is 15.3. The van der Waals surface area contributed by atoms with E-state index < -0.39 is 26.5 Å². The molecule has 0 unspecified atom stereocenters. The van der Waals surface area contributed by atoms with Crippen molar-refractivity contribution in [3.63, 3.8) is 0 Å². The average Bonchev–Trinajstić information content (AvgIpc) is 2.96. The summed E-state index contributed by atoms with van der Waals surface area (Å²) in [7, 11) is -4.36. The van der Waals surface area contributed by atoms with Gasteiger partial charge in [-0.05, 0) is 66.8 Å². The number of rotatable bonds is 11. The lowest BCUT2D eigenvalue weighted by molar-refractivity contribution is -0.384. The average molecular weight is 585 g/mol. The van der Waals surface area contributed by atoms with E-state index in [2.05, 4.69) is 17.1 Å². The van der Waals surface area contributed by atoms with Gasteiger partial charge in [-0.3, -0.25) is 14.9 Å². The van der Waals surface area contributed by atoms with Crippen molar-refractivity contribution in [1.82, 2.24) is 4.72 Å². The molecule has 10 nitrogen and oxygen atoms in total. The molecule has 0 spiro atoms. The molecule has 1 aliphatic heterocycles. The van der Waals surface area contributed by atoms with Gasteiger partial charge in [0.25, 0.3) is 21.6 Å². The number of aliphatic hydroxyl groups is 1. The molecular weight excluding hydrogens is 552 g/mol. The third-order valence-corrected chi connectivity index (χ3v) is 9.32. The monoisotopic (exact) mass is 584 g/mol. The summed E-state index contributed by atoms with van der Waals surface area (Å²) in [5, 5.41) is 24.2. The highest BCUT2D eigenvalue weighted by Crippen LogP contribution is 2.32. The van der Waals surface area contributed by atoms with E-state index in [9.17, 15) is 28.4 Å². The van der Waals surface area contributed by atoms with Crippen molar-refractivity contribution in [2.45, 2.75) is 29.6 Å². The summed E-state index contributed by atoms with van der Waals surface area (Å²) in [6, 6.07) is 19.8. The number of thioether (sulfide) groups is 1. The van der Waals surface area contributed by atoms with Gasteiger partial charge in [-0.1, -0.05) is 25.1 Å². The first-order valence-electron chi connectivity index (χ1n) is 12.8. The summed E-state index contributed by atoms with van der Waals surface area (Å²) in [6.07, 6.45) is 1.69. The Hall–Kier alpha value is -3.61. The summed E-state index contributed by atoms with van der Waals surface area (Å²) in [6.45, 7) is 4.17. The summed E-state index contributed by atoms with van der Waals surface area (Å²) < 4.78 is 27.8. The zero-order valence-corrected chi connectivity index (χ0v) is 23.7. The fourth-order valence-electron chi connectivity index (χ4n) is 4.38. The zero-order valence-electron chi connectivity index (χ0n) is 22.1. The highest BCUT2D eigenvalue weighted by molar-refractivity contribution is 7.99. The van der Waals surface area contributed by atoms with Gasteiger partial charge in [0.1, 0.15) is 5.69 Å². The number of carbonyl (C=O) groups excluding carboxylic acids is 1. The van der Waals surface area contributed by atoms with Gasteiger partial charge < -0.3 is 15.3 Å². The van der Waals surface area contributed by atoms with Crippen molar-refractivity contribution in [1.29, 1.82) is 0 Å². The Morgan fingerprint density at radius 3 is 2.38 bits per heavy atom. The van der Waals surface area contributed by atoms with E-state index in [4.69, 9.17) is 0 Å². The van der Waals surface area contributed by atoms with Gasteiger partial charge >= 0.3 is 0 Å². The van der Waals surface area contributed by atoms with Crippen molar-refractivity contribution >= 4 is 44.8 Å². The van der Waals surface area contributed by atoms with Crippen LogP contribution in [0.25, 0.3) is 0 Å². The third kappa shape index (κ3) is 7.32. The van der Waals surface area contributed by atoms with Crippen LogP contribution in [0.15, 0.2) is 82.6 Å². The molecule has 4 rings (SSSR count). The Kier molecular flexibility index (Phi) is 9.33. The first kappa shape index (κ1) is 29.4. The van der Waals surface area contributed by atoms with Crippen molar-refractivity contribution < 1.29 is 23.2 Å². The summed E-state index contributed by atoms with van der Waals surface area (Å²) in [5.41, 5.74) is 0.753. The minimum atomic E-state index is -4.36. The van der Waals surface area contributed by atoms with Crippen LogP contribution in [-0.2, 0) is 10.0 Å². The fraction of sp³-hybridized carbons (Fsp3) is 0.321. The molecule has 0 radical (unpaired) electrons. The van der Waals surface area contributed by atoms with Crippen LogP contribution >= 0.6 is 11.8 Å². The number of nitrogens with one attached hydrogen (secondary N) is 2. The standard InChI is InChI=1S/C28H32N4O6S2/c1-28(20-33)13-16-31(17-14-28)22-9-7-21(8-10-22)27(34)30-40(37,38)24-11-12-25(26(19-24)32(35)36)29-15-18-39-23-5-3-2-4-6-23/h2-12,19,29,33H,13-18,20H2,1H3,(H,30,34). The summed E-state index contributed by atoms with van der Waals surface area (Å²) >= 11 is 1.59. The molecule has 40 heavy (non-hydrogen) atoms. The molecule has 3 aromatic rings. The van der Waals surface area contributed by atoms with Gasteiger partial charge in [0.15, 0.2) is 0 Å². The lowest BCUT2D eigenvalue weighted by Crippen LogP contribution is -2.40. The molecule has 0 aliphatic carbocycles. The van der Waals surface area contributed by atoms with E-state index >= 15 is 0 Å². The van der Waals surface area contributed by atoms with Gasteiger partial charge in [0, 0.05) is 54.2 Å². The van der Waals surface area contributed by atoms with E-state index in [0.717, 1.165) is 42.6 Å². The Morgan fingerprint density at radius 1 is 1.07 bits per heavy atom. The van der Waals surface area contributed by atoms with Crippen LogP contribution in [0.3, 0.4) is 0 Å². The van der Waals surface area contributed by atoms with E-state index in [1.165, 1.54) is 12.1 Å². The number of amides is 1. The summed E-state index contributed by atoms with van der Waals surface area (Å²) in [4.78, 5) is 26.6. The number of piperidine rings is 1. The third-order valence-electron chi connectivity index (χ3n) is 6.98. The number of hydrogen-bond donors (Lipinski definition) is 3. The van der Waals surface area contributed by atoms with E-state index in [1.807, 2.05) is 35.1 Å². The minimum Gasteiger partial charge on any atom is -0.396 e. The molecule has 12 heteroatoms. The molecule has 1 aliphatic rings. The predicted molar refractivity (Wildman–Crippen MR) is 156 cm³/mol. The topological polar surface area (TPSA) is 142 Å². The Labute approximate surface area is 238 Å². The SMILES string of the molecule is CC1(CO)CCN(c2ccc(C(=O)NS(=O)(=O)c3ccc(NCCSc4ccccc4)c([N+](=O)[O-])c3)cc2)CC1. The number of anilines is 2. The Morgan fingerprint density at radius 2 is 1.75 bits per heavy atom. The molecule has 3 N–H and O–H groups in total. The quantitative estimate of drug-likeness (QED) is 0.128. The molecular formula is C28H32N4O6S2. The molecule has 1 amide bonds. The van der Waals surface area contributed by atoms with Crippen LogP contribution in [0.5, 0.6) is 0 Å². The number of benzene rings is 3. The summed E-state index contributed by atoms with van der Waals surface area (Å²) in [5.74, 6) is -0.184. The maximum absolute atomic E-state index is 12.9. The highest BCUT2D eigenvalue weighted by Gasteiger charge is 2.29. The number of sulfonamides is 1. The lowest BCUT2D eigenvalue weighted by atomic mass is 9.81. The molecule has 0 atom stereocenters. The predicted octanol–water partition coefficient (Wildman–Crippen LogP) is 4.52. The molecule has 1 saturated heterocycles. The molecule has 3 aromatic carbocycles. The number of nitrogens with zero attached hydrogens (tertiary/aromatic N) is 2. The number of nitro groups is 1. The van der Waals surface area contributed by atoms with Crippen molar-refractivity contribution in [2.75, 3.05) is 42.2 Å². The van der Waals surface area contributed by atoms with E-state index in [0.29, 0.717) is 12.3 Å². The highest BCUT2D eigenvalue weighted by atomic mass is 32.2. The fourth-order valence-corrected chi connectivity index (χ4v) is 6.16. The number of hydrogen-bond acceptors (Lipinski definition) is 9. The second-order valence-corrected chi connectivity index (χ2v) is 12.8. The molecule has 0 bridgehead atoms. The first-order chi connectivity index (χ1) is 19.1. The van der Waals surface area contributed by atoms with Crippen molar-refractivity contribution in [3.05, 3.63) is 88.5 Å². The van der Waals surface area contributed by atoms with Crippen LogP contribution in [-0.4, -0.2) is 56.3 Å². The molecule has 0 aromatic heterocycles. The number of aliphatic hydroxyl groups excluding tert-OH is 1. The number of nitro benzene ring substituents is 1. The second-order valence-electron chi connectivity index (χ2n) is 9.96. The van der Waals surface area contributed by atoms with Gasteiger partial charge in [-0.25, -0.2) is 13.1 Å². The largest absolute Gasteiger partial charge is 0.396 e. The van der Waals surface area contributed by atoms with E-state index in [-0.39, 0.29) is 28.2 Å². The maximum atomic E-state index is 12.9. The normalized spacial score (nSPS) is 14.9. The lowest BCUT2D eigenvalue weighted by Gasteiger charge is -2.39. The minimum absolute atomic E-state index is 0.0878. The van der Waals surface area contributed by atoms with Crippen LogP contribution in [0.1, 0.15) is 30.1 Å². The zero-order chi connectivity index (χ0) is 28.8. The molecule has 0 saturated carbocycles. The van der Waals surface area contributed by atoms with Crippen LogP contribution in [0.2, 0.25) is 0 Å². The van der Waals surface area contributed by atoms with Gasteiger partial charge in [0.2, 0.25) is 0 Å². The Bertz CT molecular complexity index is 1440. The van der Waals surface area contributed by atoms with Crippen LogP contribution < -0.4 is 14.9 Å². The van der Waals surface area contributed by atoms with Crippen molar-refractivity contribution in [3.8, 4) is 0 Å². The van der Waals surface area contributed by atoms with Gasteiger partial charge in [0.05, 0.1) is 9.82 Å². The van der Waals surface area contributed by atoms with Crippen LogP contribution in [0.4, 0.5) is 17.1 Å². The number of carbonyl (C=O) groups is 1. The maximum Gasteiger partial charge on any atom is 0.293 e. The molecule has 212 valence electrons. The second kappa shape index (κ2) is 12.7. The smallest absolute Gasteiger partial charge is 0.293 e. The van der Waals surface area contributed by atoms with E-state index in [1.54, 1.807) is 36.0 Å². The van der Waals surface area contributed by atoms with Crippen LogP contribution in [0, 0.1) is 15.5 Å². The van der Waals surface area contributed by atoms with Gasteiger partial charge in [-0.2, -0.15) is 0 Å².